The first kappa shape index (κ1) is 18.4. The van der Waals surface area contributed by atoms with Gasteiger partial charge in [-0.1, -0.05) is 30.3 Å². The van der Waals surface area contributed by atoms with E-state index >= 15 is 0 Å². The maximum atomic E-state index is 12.5. The van der Waals surface area contributed by atoms with Gasteiger partial charge < -0.3 is 19.9 Å². The van der Waals surface area contributed by atoms with Crippen LogP contribution in [0, 0.1) is 0 Å². The van der Waals surface area contributed by atoms with E-state index in [2.05, 4.69) is 40.5 Å². The summed E-state index contributed by atoms with van der Waals surface area (Å²) in [6.07, 6.45) is 3.95. The normalized spacial score (nSPS) is 22.6. The molecule has 0 spiro atoms. The molecule has 1 aromatic rings. The lowest BCUT2D eigenvalue weighted by atomic mass is 10.1. The molecule has 2 aliphatic heterocycles. The SMILES string of the molecule is O=C(C[C@@H]1COCCN1)N1CCCN(CCCc2ccccc2)CC1. The van der Waals surface area contributed by atoms with Crippen LogP contribution in [-0.4, -0.2) is 74.2 Å². The van der Waals surface area contributed by atoms with Gasteiger partial charge in [0.2, 0.25) is 5.91 Å². The van der Waals surface area contributed by atoms with Gasteiger partial charge in [0.15, 0.2) is 0 Å². The topological polar surface area (TPSA) is 44.8 Å². The van der Waals surface area contributed by atoms with Crippen LogP contribution in [0.4, 0.5) is 0 Å². The fourth-order valence-corrected chi connectivity index (χ4v) is 3.69. The van der Waals surface area contributed by atoms with Gasteiger partial charge in [0.25, 0.3) is 0 Å². The molecule has 1 aromatic carbocycles. The van der Waals surface area contributed by atoms with Crippen LogP contribution in [0.2, 0.25) is 0 Å². The van der Waals surface area contributed by atoms with Gasteiger partial charge in [-0.15, -0.1) is 0 Å². The Balaban J connectivity index is 1.37. The van der Waals surface area contributed by atoms with Crippen molar-refractivity contribution < 1.29 is 9.53 Å². The molecule has 5 heteroatoms. The number of benzene rings is 1. The van der Waals surface area contributed by atoms with E-state index < -0.39 is 0 Å². The Kier molecular flexibility index (Phi) is 7.27. The molecule has 0 unspecified atom stereocenters. The second kappa shape index (κ2) is 9.90. The number of carbonyl (C=O) groups is 1. The Morgan fingerprint density at radius 2 is 2.04 bits per heavy atom. The standard InChI is InChI=1S/C20H31N3O2/c24-20(16-19-17-25-15-9-21-19)23-12-5-11-22(13-14-23)10-4-8-18-6-2-1-3-7-18/h1-3,6-7,19,21H,4-5,8-17H2/t19-/m1/s1. The Morgan fingerprint density at radius 1 is 1.16 bits per heavy atom. The lowest BCUT2D eigenvalue weighted by Crippen LogP contribution is -2.45. The summed E-state index contributed by atoms with van der Waals surface area (Å²) >= 11 is 0. The highest BCUT2D eigenvalue weighted by atomic mass is 16.5. The van der Waals surface area contributed by atoms with Gasteiger partial charge in [-0.2, -0.15) is 0 Å². The van der Waals surface area contributed by atoms with Crippen molar-refractivity contribution in [3.8, 4) is 0 Å². The maximum absolute atomic E-state index is 12.5. The predicted molar refractivity (Wildman–Crippen MR) is 99.6 cm³/mol. The van der Waals surface area contributed by atoms with Gasteiger partial charge in [-0.05, 0) is 37.9 Å². The molecule has 2 saturated heterocycles. The highest BCUT2D eigenvalue weighted by molar-refractivity contribution is 5.76. The van der Waals surface area contributed by atoms with Crippen molar-refractivity contribution in [2.45, 2.75) is 31.7 Å². The third kappa shape index (κ3) is 6.10. The molecule has 2 aliphatic rings. The molecule has 25 heavy (non-hydrogen) atoms. The average Bonchev–Trinajstić information content (AvgIpc) is 2.89. The highest BCUT2D eigenvalue weighted by Gasteiger charge is 2.23. The monoisotopic (exact) mass is 345 g/mol. The lowest BCUT2D eigenvalue weighted by Gasteiger charge is -2.27. The minimum atomic E-state index is 0.187. The Morgan fingerprint density at radius 3 is 2.84 bits per heavy atom. The first-order chi connectivity index (χ1) is 12.3. The van der Waals surface area contributed by atoms with E-state index in [1.807, 2.05) is 4.90 Å². The zero-order chi connectivity index (χ0) is 17.3. The predicted octanol–water partition coefficient (Wildman–Crippen LogP) is 1.53. The van der Waals surface area contributed by atoms with E-state index in [0.717, 1.165) is 58.7 Å². The van der Waals surface area contributed by atoms with Gasteiger partial charge >= 0.3 is 0 Å². The molecule has 1 atom stereocenters. The van der Waals surface area contributed by atoms with E-state index in [-0.39, 0.29) is 11.9 Å². The molecular formula is C20H31N3O2. The average molecular weight is 345 g/mol. The van der Waals surface area contributed by atoms with Crippen molar-refractivity contribution in [3.05, 3.63) is 35.9 Å². The minimum absolute atomic E-state index is 0.187. The van der Waals surface area contributed by atoms with Crippen molar-refractivity contribution in [2.24, 2.45) is 0 Å². The van der Waals surface area contributed by atoms with Gasteiger partial charge in [-0.3, -0.25) is 4.79 Å². The summed E-state index contributed by atoms with van der Waals surface area (Å²) in [5, 5.41) is 3.37. The van der Waals surface area contributed by atoms with Gasteiger partial charge in [0.1, 0.15) is 0 Å². The Hall–Kier alpha value is -1.43. The second-order valence-corrected chi connectivity index (χ2v) is 7.10. The zero-order valence-corrected chi connectivity index (χ0v) is 15.2. The third-order valence-electron chi connectivity index (χ3n) is 5.14. The molecule has 2 fully saturated rings. The second-order valence-electron chi connectivity index (χ2n) is 7.10. The summed E-state index contributed by atoms with van der Waals surface area (Å²) in [5.41, 5.74) is 1.41. The van der Waals surface area contributed by atoms with Gasteiger partial charge in [0.05, 0.1) is 13.2 Å². The van der Waals surface area contributed by atoms with E-state index in [1.165, 1.54) is 12.0 Å². The largest absolute Gasteiger partial charge is 0.378 e. The molecule has 2 heterocycles. The molecule has 0 aromatic heterocycles. The number of amides is 1. The number of aryl methyl sites for hydroxylation is 1. The van der Waals surface area contributed by atoms with Crippen LogP contribution in [0.25, 0.3) is 0 Å². The summed E-state index contributed by atoms with van der Waals surface area (Å²) < 4.78 is 5.45. The summed E-state index contributed by atoms with van der Waals surface area (Å²) in [5.74, 6) is 0.272. The Bertz CT molecular complexity index is 517. The third-order valence-corrected chi connectivity index (χ3v) is 5.14. The first-order valence-electron chi connectivity index (χ1n) is 9.66. The van der Waals surface area contributed by atoms with Crippen LogP contribution >= 0.6 is 0 Å². The number of hydrogen-bond donors (Lipinski definition) is 1. The van der Waals surface area contributed by atoms with E-state index in [9.17, 15) is 4.79 Å². The summed E-state index contributed by atoms with van der Waals surface area (Å²) in [6.45, 7) is 7.23. The fourth-order valence-electron chi connectivity index (χ4n) is 3.69. The molecular weight excluding hydrogens is 314 g/mol. The number of ether oxygens (including phenoxy) is 1. The molecule has 3 rings (SSSR count). The highest BCUT2D eigenvalue weighted by Crippen LogP contribution is 2.09. The van der Waals surface area contributed by atoms with Crippen LogP contribution in [0.1, 0.15) is 24.8 Å². The van der Waals surface area contributed by atoms with Crippen molar-refractivity contribution in [3.63, 3.8) is 0 Å². The summed E-state index contributed by atoms with van der Waals surface area (Å²) in [6, 6.07) is 10.9. The van der Waals surface area contributed by atoms with Crippen molar-refractivity contribution in [1.82, 2.24) is 15.1 Å². The zero-order valence-electron chi connectivity index (χ0n) is 15.2. The Labute approximate surface area is 151 Å². The first-order valence-corrected chi connectivity index (χ1v) is 9.66. The van der Waals surface area contributed by atoms with Crippen LogP contribution in [0.3, 0.4) is 0 Å². The van der Waals surface area contributed by atoms with E-state index in [0.29, 0.717) is 13.0 Å². The number of nitrogens with one attached hydrogen (secondary N) is 1. The van der Waals surface area contributed by atoms with Crippen LogP contribution in [-0.2, 0) is 16.0 Å². The maximum Gasteiger partial charge on any atom is 0.224 e. The molecule has 0 radical (unpaired) electrons. The number of rotatable bonds is 6. The summed E-state index contributed by atoms with van der Waals surface area (Å²) in [7, 11) is 0. The number of carbonyl (C=O) groups excluding carboxylic acids is 1. The quantitative estimate of drug-likeness (QED) is 0.849. The van der Waals surface area contributed by atoms with Crippen LogP contribution in [0.15, 0.2) is 30.3 Å². The number of nitrogens with zero attached hydrogens (tertiary/aromatic N) is 2. The van der Waals surface area contributed by atoms with Gasteiger partial charge in [0, 0.05) is 38.6 Å². The minimum Gasteiger partial charge on any atom is -0.378 e. The van der Waals surface area contributed by atoms with Crippen molar-refractivity contribution in [2.75, 3.05) is 52.5 Å². The number of hydrogen-bond acceptors (Lipinski definition) is 4. The molecule has 0 bridgehead atoms. The molecule has 0 aliphatic carbocycles. The molecule has 5 nitrogen and oxygen atoms in total. The van der Waals surface area contributed by atoms with Gasteiger partial charge in [-0.25, -0.2) is 0 Å². The number of morpholine rings is 1. The van der Waals surface area contributed by atoms with Crippen LogP contribution < -0.4 is 5.32 Å². The molecule has 1 amide bonds. The molecule has 0 saturated carbocycles. The molecule has 138 valence electrons. The smallest absolute Gasteiger partial charge is 0.224 e. The molecule has 1 N–H and O–H groups in total. The lowest BCUT2D eigenvalue weighted by molar-refractivity contribution is -0.132. The summed E-state index contributed by atoms with van der Waals surface area (Å²) in [4.78, 5) is 17.1. The van der Waals surface area contributed by atoms with E-state index in [1.54, 1.807) is 0 Å². The van der Waals surface area contributed by atoms with Crippen molar-refractivity contribution >= 4 is 5.91 Å². The fraction of sp³-hybridized carbons (Fsp3) is 0.650. The van der Waals surface area contributed by atoms with Crippen LogP contribution in [0.5, 0.6) is 0 Å². The van der Waals surface area contributed by atoms with E-state index in [4.69, 9.17) is 4.74 Å². The van der Waals surface area contributed by atoms with Crippen molar-refractivity contribution in [1.29, 1.82) is 0 Å².